The maximum Gasteiger partial charge on any atom is 0.141 e. The van der Waals surface area contributed by atoms with Crippen molar-refractivity contribution in [1.29, 1.82) is 0 Å². The molecule has 0 saturated heterocycles. The average Bonchev–Trinajstić information content (AvgIpc) is 2.59. The van der Waals surface area contributed by atoms with Crippen LogP contribution in [0.1, 0.15) is 0 Å². The van der Waals surface area contributed by atoms with E-state index in [1.807, 2.05) is 43.3 Å². The summed E-state index contributed by atoms with van der Waals surface area (Å²) in [6.45, 7) is 0. The van der Waals surface area contributed by atoms with Crippen LogP contribution in [0.5, 0.6) is 0 Å². The molecule has 3 aromatic rings. The minimum absolute atomic E-state index is 0.0536. The molecule has 1 heterocycles. The smallest absolute Gasteiger partial charge is 0.141 e. The Morgan fingerprint density at radius 1 is 0.920 bits per heavy atom. The van der Waals surface area contributed by atoms with Crippen LogP contribution in [0, 0.1) is 5.82 Å². The highest BCUT2D eigenvalue weighted by molar-refractivity contribution is 6.31. The summed E-state index contributed by atoms with van der Waals surface area (Å²) in [7, 11) is 3.97. The van der Waals surface area contributed by atoms with Gasteiger partial charge in [0.25, 0.3) is 0 Å². The van der Waals surface area contributed by atoms with Crippen molar-refractivity contribution >= 4 is 40.3 Å². The molecule has 2 aromatic carbocycles. The Kier molecular flexibility index (Phi) is 5.00. The number of nitrogens with one attached hydrogen (secondary N) is 2. The first-order chi connectivity index (χ1) is 12.0. The Bertz CT molecular complexity index is 885. The fourth-order valence-corrected chi connectivity index (χ4v) is 2.41. The van der Waals surface area contributed by atoms with Crippen LogP contribution in [0.4, 0.5) is 33.1 Å². The highest BCUT2D eigenvalue weighted by Crippen LogP contribution is 2.24. The van der Waals surface area contributed by atoms with Crippen molar-refractivity contribution in [3.05, 3.63) is 65.7 Å². The Hall–Kier alpha value is -2.86. The van der Waals surface area contributed by atoms with E-state index in [-0.39, 0.29) is 5.02 Å². The van der Waals surface area contributed by atoms with Gasteiger partial charge in [0.1, 0.15) is 23.8 Å². The number of rotatable bonds is 5. The van der Waals surface area contributed by atoms with E-state index in [1.54, 1.807) is 12.1 Å². The van der Waals surface area contributed by atoms with Gasteiger partial charge >= 0.3 is 0 Å². The third-order valence-electron chi connectivity index (χ3n) is 3.49. The first kappa shape index (κ1) is 17.0. The van der Waals surface area contributed by atoms with E-state index < -0.39 is 5.82 Å². The maximum absolute atomic E-state index is 13.2. The third kappa shape index (κ3) is 4.36. The van der Waals surface area contributed by atoms with Crippen LogP contribution in [-0.4, -0.2) is 24.1 Å². The minimum atomic E-state index is -0.460. The van der Waals surface area contributed by atoms with Crippen molar-refractivity contribution in [2.75, 3.05) is 29.6 Å². The van der Waals surface area contributed by atoms with E-state index in [4.69, 9.17) is 11.6 Å². The summed E-state index contributed by atoms with van der Waals surface area (Å²) in [5.41, 5.74) is 2.64. The first-order valence-electron chi connectivity index (χ1n) is 7.60. The zero-order valence-corrected chi connectivity index (χ0v) is 14.5. The van der Waals surface area contributed by atoms with Gasteiger partial charge in [0.05, 0.1) is 5.02 Å². The second-order valence-corrected chi connectivity index (χ2v) is 6.02. The van der Waals surface area contributed by atoms with E-state index in [9.17, 15) is 4.39 Å². The number of hydrogen-bond acceptors (Lipinski definition) is 5. The van der Waals surface area contributed by atoms with Gasteiger partial charge in [-0.05, 0) is 36.4 Å². The van der Waals surface area contributed by atoms with E-state index in [0.717, 1.165) is 11.4 Å². The molecule has 25 heavy (non-hydrogen) atoms. The van der Waals surface area contributed by atoms with E-state index in [0.29, 0.717) is 17.3 Å². The van der Waals surface area contributed by atoms with Crippen molar-refractivity contribution in [3.8, 4) is 0 Å². The molecule has 0 unspecified atom stereocenters. The zero-order chi connectivity index (χ0) is 17.8. The molecule has 0 aliphatic rings. The lowest BCUT2D eigenvalue weighted by Gasteiger charge is -2.14. The second kappa shape index (κ2) is 7.36. The molecule has 0 atom stereocenters. The molecule has 0 saturated carbocycles. The van der Waals surface area contributed by atoms with Crippen molar-refractivity contribution in [3.63, 3.8) is 0 Å². The summed E-state index contributed by atoms with van der Waals surface area (Å²) in [5, 5.41) is 6.37. The average molecular weight is 358 g/mol. The summed E-state index contributed by atoms with van der Waals surface area (Å²) in [5.74, 6) is 0.753. The highest BCUT2D eigenvalue weighted by atomic mass is 35.5. The van der Waals surface area contributed by atoms with Crippen LogP contribution in [0.15, 0.2) is 54.9 Å². The van der Waals surface area contributed by atoms with E-state index in [1.165, 1.54) is 18.5 Å². The Labute approximate surface area is 150 Å². The number of benzene rings is 2. The lowest BCUT2D eigenvalue weighted by molar-refractivity contribution is 0.628. The molecule has 5 nitrogen and oxygen atoms in total. The Balaban J connectivity index is 1.77. The number of hydrogen-bond donors (Lipinski definition) is 2. The van der Waals surface area contributed by atoms with Gasteiger partial charge in [-0.25, -0.2) is 14.4 Å². The number of nitrogens with zero attached hydrogens (tertiary/aromatic N) is 3. The van der Waals surface area contributed by atoms with Gasteiger partial charge < -0.3 is 15.5 Å². The Morgan fingerprint density at radius 3 is 2.24 bits per heavy atom. The summed E-state index contributed by atoms with van der Waals surface area (Å²) >= 11 is 5.79. The Morgan fingerprint density at radius 2 is 1.60 bits per heavy atom. The fourth-order valence-electron chi connectivity index (χ4n) is 2.23. The van der Waals surface area contributed by atoms with Crippen molar-refractivity contribution in [1.82, 2.24) is 9.97 Å². The molecule has 0 spiro atoms. The molecule has 0 radical (unpaired) electrons. The van der Waals surface area contributed by atoms with Crippen molar-refractivity contribution in [2.24, 2.45) is 0 Å². The van der Waals surface area contributed by atoms with Gasteiger partial charge in [0.15, 0.2) is 0 Å². The van der Waals surface area contributed by atoms with Crippen LogP contribution in [0.3, 0.4) is 0 Å². The van der Waals surface area contributed by atoms with Gasteiger partial charge in [-0.1, -0.05) is 17.7 Å². The third-order valence-corrected chi connectivity index (χ3v) is 3.78. The number of halogens is 2. The van der Waals surface area contributed by atoms with Crippen molar-refractivity contribution < 1.29 is 4.39 Å². The van der Waals surface area contributed by atoms with Crippen molar-refractivity contribution in [2.45, 2.75) is 0 Å². The molecule has 0 bridgehead atoms. The molecule has 128 valence electrons. The lowest BCUT2D eigenvalue weighted by Crippen LogP contribution is -2.08. The molecule has 0 fully saturated rings. The molecule has 0 aliphatic heterocycles. The minimum Gasteiger partial charge on any atom is -0.378 e. The summed E-state index contributed by atoms with van der Waals surface area (Å²) in [4.78, 5) is 10.4. The largest absolute Gasteiger partial charge is 0.378 e. The van der Waals surface area contributed by atoms with Gasteiger partial charge in [-0.2, -0.15) is 0 Å². The molecule has 1 aromatic heterocycles. The zero-order valence-electron chi connectivity index (χ0n) is 13.8. The van der Waals surface area contributed by atoms with E-state index >= 15 is 0 Å². The number of anilines is 5. The molecular weight excluding hydrogens is 341 g/mol. The SMILES string of the molecule is CN(C)c1cccc(Nc2cc(Nc3ccc(F)c(Cl)c3)ncn2)c1. The topological polar surface area (TPSA) is 53.1 Å². The predicted molar refractivity (Wildman–Crippen MR) is 101 cm³/mol. The van der Waals surface area contributed by atoms with Gasteiger partial charge in [0, 0.05) is 37.2 Å². The monoisotopic (exact) mass is 357 g/mol. The first-order valence-corrected chi connectivity index (χ1v) is 7.97. The predicted octanol–water partition coefficient (Wildman–Crippen LogP) is 4.82. The van der Waals surface area contributed by atoms with Crippen LogP contribution in [0.25, 0.3) is 0 Å². The molecular formula is C18H17ClFN5. The van der Waals surface area contributed by atoms with E-state index in [2.05, 4.69) is 20.6 Å². The summed E-state index contributed by atoms with van der Waals surface area (Å²) in [6, 6.07) is 14.1. The highest BCUT2D eigenvalue weighted by Gasteiger charge is 2.04. The van der Waals surface area contributed by atoms with Crippen LogP contribution in [0.2, 0.25) is 5.02 Å². The molecule has 0 amide bonds. The van der Waals surface area contributed by atoms with Gasteiger partial charge in [-0.15, -0.1) is 0 Å². The van der Waals surface area contributed by atoms with Crippen LogP contribution >= 0.6 is 11.6 Å². The van der Waals surface area contributed by atoms with Crippen LogP contribution in [-0.2, 0) is 0 Å². The van der Waals surface area contributed by atoms with Gasteiger partial charge in [-0.3, -0.25) is 0 Å². The molecule has 3 rings (SSSR count). The number of aromatic nitrogens is 2. The maximum atomic E-state index is 13.2. The second-order valence-electron chi connectivity index (χ2n) is 5.61. The lowest BCUT2D eigenvalue weighted by atomic mass is 10.2. The van der Waals surface area contributed by atoms with Crippen LogP contribution < -0.4 is 15.5 Å². The standard InChI is InChI=1S/C18H17ClFN5/c1-25(2)14-5-3-4-12(8-14)23-17-10-18(22-11-21-17)24-13-6-7-16(20)15(19)9-13/h3-11H,1-2H3,(H2,21,22,23,24). The quantitative estimate of drug-likeness (QED) is 0.685. The molecule has 0 aliphatic carbocycles. The normalized spacial score (nSPS) is 10.4. The van der Waals surface area contributed by atoms with Gasteiger partial charge in [0.2, 0.25) is 0 Å². The molecule has 7 heteroatoms. The fraction of sp³-hybridized carbons (Fsp3) is 0.111. The molecule has 2 N–H and O–H groups in total. The summed E-state index contributed by atoms with van der Waals surface area (Å²) < 4.78 is 13.2. The summed E-state index contributed by atoms with van der Waals surface area (Å²) in [6.07, 6.45) is 1.45.